The Balaban J connectivity index is 2.15. The van der Waals surface area contributed by atoms with E-state index < -0.39 is 0 Å². The quantitative estimate of drug-likeness (QED) is 0.838. The van der Waals surface area contributed by atoms with E-state index in [2.05, 4.69) is 29.2 Å². The van der Waals surface area contributed by atoms with Gasteiger partial charge in [0.25, 0.3) is 0 Å². The highest BCUT2D eigenvalue weighted by Gasteiger charge is 2.23. The van der Waals surface area contributed by atoms with Crippen LogP contribution in [0.3, 0.4) is 0 Å². The molecule has 1 atom stereocenters. The van der Waals surface area contributed by atoms with Gasteiger partial charge in [0.1, 0.15) is 0 Å². The van der Waals surface area contributed by atoms with Crippen molar-refractivity contribution in [1.29, 1.82) is 0 Å². The highest BCUT2D eigenvalue weighted by atomic mass is 16.5. The van der Waals surface area contributed by atoms with Crippen LogP contribution in [0.2, 0.25) is 0 Å². The van der Waals surface area contributed by atoms with Crippen molar-refractivity contribution in [3.8, 4) is 0 Å². The molecule has 2 rings (SSSR count). The average Bonchev–Trinajstić information content (AvgIpc) is 2.43. The number of ether oxygens (including phenoxy) is 1. The Morgan fingerprint density at radius 1 is 1.39 bits per heavy atom. The lowest BCUT2D eigenvalue weighted by molar-refractivity contribution is 0.171. The Kier molecular flexibility index (Phi) is 5.02. The van der Waals surface area contributed by atoms with Crippen LogP contribution in [0.5, 0.6) is 0 Å². The van der Waals surface area contributed by atoms with Gasteiger partial charge >= 0.3 is 0 Å². The summed E-state index contributed by atoms with van der Waals surface area (Å²) in [7, 11) is 1.78. The Labute approximate surface area is 110 Å². The molecule has 1 aromatic rings. The summed E-state index contributed by atoms with van der Waals surface area (Å²) in [6, 6.07) is 9.20. The zero-order valence-corrected chi connectivity index (χ0v) is 11.3. The van der Waals surface area contributed by atoms with Gasteiger partial charge in [-0.15, -0.1) is 0 Å². The molecule has 0 saturated heterocycles. The largest absolute Gasteiger partial charge is 0.383 e. The highest BCUT2D eigenvalue weighted by Crippen LogP contribution is 2.29. The van der Waals surface area contributed by atoms with E-state index in [-0.39, 0.29) is 0 Å². The van der Waals surface area contributed by atoms with Crippen molar-refractivity contribution in [3.05, 3.63) is 29.8 Å². The van der Waals surface area contributed by atoms with Crippen molar-refractivity contribution in [1.82, 2.24) is 0 Å². The molecule has 0 saturated carbocycles. The van der Waals surface area contributed by atoms with Crippen LogP contribution in [0, 0.1) is 0 Å². The molecule has 0 amide bonds. The predicted octanol–water partition coefficient (Wildman–Crippen LogP) is 2.19. The van der Waals surface area contributed by atoms with E-state index in [0.29, 0.717) is 6.04 Å². The molecule has 18 heavy (non-hydrogen) atoms. The van der Waals surface area contributed by atoms with Gasteiger partial charge in [-0.25, -0.2) is 0 Å². The molecular formula is C15H24N2O. The van der Waals surface area contributed by atoms with Crippen molar-refractivity contribution < 1.29 is 4.74 Å². The Morgan fingerprint density at radius 2 is 2.22 bits per heavy atom. The zero-order valence-electron chi connectivity index (χ0n) is 11.3. The maximum Gasteiger partial charge on any atom is 0.0666 e. The van der Waals surface area contributed by atoms with Crippen LogP contribution in [0.4, 0.5) is 5.69 Å². The summed E-state index contributed by atoms with van der Waals surface area (Å²) in [5.74, 6) is 0. The monoisotopic (exact) mass is 248 g/mol. The van der Waals surface area contributed by atoms with E-state index in [1.807, 2.05) is 0 Å². The molecule has 1 aliphatic rings. The fraction of sp³-hybridized carbons (Fsp3) is 0.600. The third-order valence-corrected chi connectivity index (χ3v) is 3.69. The highest BCUT2D eigenvalue weighted by molar-refractivity contribution is 5.56. The van der Waals surface area contributed by atoms with Gasteiger partial charge in [-0.05, 0) is 43.9 Å². The Bertz CT molecular complexity index is 367. The minimum absolute atomic E-state index is 0.458. The lowest BCUT2D eigenvalue weighted by Gasteiger charge is -2.37. The van der Waals surface area contributed by atoms with Crippen LogP contribution in [-0.2, 0) is 11.2 Å². The number of anilines is 1. The number of nitrogens with two attached hydrogens (primary N) is 1. The van der Waals surface area contributed by atoms with Crippen LogP contribution in [-0.4, -0.2) is 32.8 Å². The van der Waals surface area contributed by atoms with E-state index in [0.717, 1.165) is 32.5 Å². The molecule has 0 aliphatic carbocycles. The molecule has 1 aromatic carbocycles. The van der Waals surface area contributed by atoms with Gasteiger partial charge < -0.3 is 15.4 Å². The van der Waals surface area contributed by atoms with E-state index in [9.17, 15) is 0 Å². The summed E-state index contributed by atoms with van der Waals surface area (Å²) in [5.41, 5.74) is 8.50. The molecule has 1 aliphatic heterocycles. The maximum absolute atomic E-state index is 5.64. The number of fused-ring (bicyclic) bond motifs is 1. The van der Waals surface area contributed by atoms with E-state index in [1.54, 1.807) is 7.11 Å². The molecule has 2 N–H and O–H groups in total. The third-order valence-electron chi connectivity index (χ3n) is 3.69. The fourth-order valence-corrected chi connectivity index (χ4v) is 2.82. The first kappa shape index (κ1) is 13.4. The molecule has 1 heterocycles. The molecule has 0 bridgehead atoms. The zero-order chi connectivity index (χ0) is 12.8. The number of aryl methyl sites for hydroxylation is 1. The summed E-state index contributed by atoms with van der Waals surface area (Å²) >= 11 is 0. The number of methoxy groups -OCH3 is 1. The molecule has 0 radical (unpaired) electrons. The Hall–Kier alpha value is -1.06. The van der Waals surface area contributed by atoms with Gasteiger partial charge in [-0.1, -0.05) is 18.2 Å². The summed E-state index contributed by atoms with van der Waals surface area (Å²) in [4.78, 5) is 2.51. The molecule has 100 valence electrons. The SMILES string of the molecule is COCC(CCCN)N1CCCc2ccccc21. The number of hydrogen-bond acceptors (Lipinski definition) is 3. The van der Waals surface area contributed by atoms with Gasteiger partial charge in [0, 0.05) is 19.3 Å². The van der Waals surface area contributed by atoms with Crippen LogP contribution in [0.15, 0.2) is 24.3 Å². The van der Waals surface area contributed by atoms with Crippen LogP contribution < -0.4 is 10.6 Å². The smallest absolute Gasteiger partial charge is 0.0666 e. The minimum atomic E-state index is 0.458. The molecule has 3 nitrogen and oxygen atoms in total. The van der Waals surface area contributed by atoms with Gasteiger partial charge in [-0.3, -0.25) is 0 Å². The summed E-state index contributed by atoms with van der Waals surface area (Å²) in [6.45, 7) is 2.68. The van der Waals surface area contributed by atoms with E-state index in [4.69, 9.17) is 10.5 Å². The van der Waals surface area contributed by atoms with Gasteiger partial charge in [0.15, 0.2) is 0 Å². The van der Waals surface area contributed by atoms with Crippen molar-refractivity contribution in [2.45, 2.75) is 31.7 Å². The average molecular weight is 248 g/mol. The molecule has 0 aromatic heterocycles. The standard InChI is InChI=1S/C15H24N2O/c1-18-12-14(8-4-10-16)17-11-5-7-13-6-2-3-9-15(13)17/h2-3,6,9,14H,4-5,7-8,10-12,16H2,1H3. The second-order valence-corrected chi connectivity index (χ2v) is 4.97. The van der Waals surface area contributed by atoms with E-state index in [1.165, 1.54) is 24.1 Å². The normalized spacial score (nSPS) is 16.4. The van der Waals surface area contributed by atoms with Crippen LogP contribution in [0.1, 0.15) is 24.8 Å². The maximum atomic E-state index is 5.64. The number of rotatable bonds is 6. The van der Waals surface area contributed by atoms with Crippen LogP contribution in [0.25, 0.3) is 0 Å². The second kappa shape index (κ2) is 6.76. The van der Waals surface area contributed by atoms with Crippen molar-refractivity contribution >= 4 is 5.69 Å². The van der Waals surface area contributed by atoms with Gasteiger partial charge in [0.05, 0.1) is 12.6 Å². The van der Waals surface area contributed by atoms with E-state index >= 15 is 0 Å². The summed E-state index contributed by atoms with van der Waals surface area (Å²) in [6.07, 6.45) is 4.61. The topological polar surface area (TPSA) is 38.5 Å². The summed E-state index contributed by atoms with van der Waals surface area (Å²) < 4.78 is 5.39. The lowest BCUT2D eigenvalue weighted by Crippen LogP contribution is -2.42. The van der Waals surface area contributed by atoms with Crippen molar-refractivity contribution in [2.24, 2.45) is 5.73 Å². The van der Waals surface area contributed by atoms with Gasteiger partial charge in [-0.2, -0.15) is 0 Å². The summed E-state index contributed by atoms with van der Waals surface area (Å²) in [5, 5.41) is 0. The first-order chi connectivity index (χ1) is 8.86. The lowest BCUT2D eigenvalue weighted by atomic mass is 9.98. The first-order valence-electron chi connectivity index (χ1n) is 6.90. The van der Waals surface area contributed by atoms with Crippen molar-refractivity contribution in [3.63, 3.8) is 0 Å². The van der Waals surface area contributed by atoms with Crippen molar-refractivity contribution in [2.75, 3.05) is 31.7 Å². The molecule has 1 unspecified atom stereocenters. The number of benzene rings is 1. The number of hydrogen-bond donors (Lipinski definition) is 1. The fourth-order valence-electron chi connectivity index (χ4n) is 2.82. The number of nitrogens with zero attached hydrogens (tertiary/aromatic N) is 1. The first-order valence-corrected chi connectivity index (χ1v) is 6.90. The predicted molar refractivity (Wildman–Crippen MR) is 76.1 cm³/mol. The Morgan fingerprint density at radius 3 is 3.00 bits per heavy atom. The third kappa shape index (κ3) is 3.03. The molecule has 0 spiro atoms. The van der Waals surface area contributed by atoms with Crippen LogP contribution >= 0.6 is 0 Å². The second-order valence-electron chi connectivity index (χ2n) is 4.97. The molecule has 0 fully saturated rings. The molecular weight excluding hydrogens is 224 g/mol. The molecule has 3 heteroatoms. The number of para-hydroxylation sites is 1. The minimum Gasteiger partial charge on any atom is -0.383 e. The van der Waals surface area contributed by atoms with Gasteiger partial charge in [0.2, 0.25) is 0 Å².